The number of carbonyl (C=O) groups excluding carboxylic acids is 1. The van der Waals surface area contributed by atoms with E-state index in [0.717, 1.165) is 38.8 Å². The van der Waals surface area contributed by atoms with E-state index in [1.54, 1.807) is 5.06 Å². The van der Waals surface area contributed by atoms with Crippen LogP contribution in [0.3, 0.4) is 0 Å². The van der Waals surface area contributed by atoms with Crippen LogP contribution in [0.1, 0.15) is 44.9 Å². The summed E-state index contributed by atoms with van der Waals surface area (Å²) < 4.78 is 0. The van der Waals surface area contributed by atoms with Crippen molar-refractivity contribution >= 4 is 5.91 Å². The van der Waals surface area contributed by atoms with Gasteiger partial charge in [-0.15, -0.1) is 0 Å². The van der Waals surface area contributed by atoms with E-state index in [-0.39, 0.29) is 11.5 Å². The minimum Gasteiger partial charge on any atom is -0.317 e. The molecule has 0 radical (unpaired) electrons. The number of hydrogen-bond donors (Lipinski definition) is 1. The second-order valence-electron chi connectivity index (χ2n) is 5.36. The number of amides is 1. The number of nitrogens with zero attached hydrogens (tertiary/aromatic N) is 1. The first-order valence-electron chi connectivity index (χ1n) is 6.51. The first-order valence-corrected chi connectivity index (χ1v) is 6.51. The maximum absolute atomic E-state index is 12.0. The van der Waals surface area contributed by atoms with Gasteiger partial charge in [0.25, 0.3) is 0 Å². The van der Waals surface area contributed by atoms with Gasteiger partial charge in [-0.25, -0.2) is 5.06 Å². The van der Waals surface area contributed by atoms with Crippen LogP contribution < -0.4 is 5.32 Å². The van der Waals surface area contributed by atoms with Crippen molar-refractivity contribution in [3.63, 3.8) is 0 Å². The summed E-state index contributed by atoms with van der Waals surface area (Å²) in [4.78, 5) is 18.0. The molecule has 0 aromatic carbocycles. The third-order valence-corrected chi connectivity index (χ3v) is 4.17. The molecule has 0 atom stereocenters. The summed E-state index contributed by atoms with van der Waals surface area (Å²) in [5, 5.41) is 5.03. The van der Waals surface area contributed by atoms with Gasteiger partial charge in [-0.3, -0.25) is 9.63 Å². The van der Waals surface area contributed by atoms with E-state index in [2.05, 4.69) is 5.32 Å². The topological polar surface area (TPSA) is 41.6 Å². The standard InChI is InChI=1S/C12H20N2O2/c15-11-9-12(5-1-2-6-12)16-14(11)10-3-7-13-8-4-10/h10,13H,1-9H2. The Labute approximate surface area is 96.3 Å². The fourth-order valence-corrected chi connectivity index (χ4v) is 3.25. The van der Waals surface area contributed by atoms with E-state index in [9.17, 15) is 4.79 Å². The molecule has 0 bridgehead atoms. The zero-order chi connectivity index (χ0) is 11.0. The SMILES string of the molecule is O=C1CC2(CCCC2)ON1C1CCNCC1. The largest absolute Gasteiger partial charge is 0.317 e. The number of rotatable bonds is 1. The minimum absolute atomic E-state index is 0.109. The van der Waals surface area contributed by atoms with Crippen LogP contribution in [0.25, 0.3) is 0 Å². The van der Waals surface area contributed by atoms with Crippen LogP contribution in [-0.2, 0) is 9.63 Å². The highest BCUT2D eigenvalue weighted by Crippen LogP contribution is 2.42. The number of hydrogen-bond acceptors (Lipinski definition) is 3. The van der Waals surface area contributed by atoms with Crippen molar-refractivity contribution in [3.05, 3.63) is 0 Å². The second-order valence-corrected chi connectivity index (χ2v) is 5.36. The van der Waals surface area contributed by atoms with E-state index < -0.39 is 0 Å². The molecule has 1 saturated carbocycles. The molecule has 1 amide bonds. The van der Waals surface area contributed by atoms with Crippen molar-refractivity contribution in [1.82, 2.24) is 10.4 Å². The van der Waals surface area contributed by atoms with Crippen molar-refractivity contribution in [1.29, 1.82) is 0 Å². The first kappa shape index (κ1) is 10.5. The lowest BCUT2D eigenvalue weighted by Crippen LogP contribution is -2.43. The maximum atomic E-state index is 12.0. The van der Waals surface area contributed by atoms with Crippen molar-refractivity contribution < 1.29 is 9.63 Å². The van der Waals surface area contributed by atoms with Crippen molar-refractivity contribution in [2.24, 2.45) is 0 Å². The molecule has 4 nitrogen and oxygen atoms in total. The molecule has 4 heteroatoms. The lowest BCUT2D eigenvalue weighted by atomic mass is 9.98. The van der Waals surface area contributed by atoms with Gasteiger partial charge in [-0.1, -0.05) is 12.8 Å². The summed E-state index contributed by atoms with van der Waals surface area (Å²) in [6, 6.07) is 0.314. The van der Waals surface area contributed by atoms with Gasteiger partial charge in [-0.05, 0) is 38.8 Å². The highest BCUT2D eigenvalue weighted by atomic mass is 16.7. The highest BCUT2D eigenvalue weighted by molar-refractivity contribution is 5.78. The summed E-state index contributed by atoms with van der Waals surface area (Å²) in [5.74, 6) is 0.216. The Kier molecular flexibility index (Phi) is 2.64. The molecule has 0 unspecified atom stereocenters. The summed E-state index contributed by atoms with van der Waals surface area (Å²) in [6.07, 6.45) is 7.25. The van der Waals surface area contributed by atoms with Gasteiger partial charge in [0.15, 0.2) is 0 Å². The molecule has 3 fully saturated rings. The van der Waals surface area contributed by atoms with Crippen LogP contribution in [0.4, 0.5) is 0 Å². The zero-order valence-electron chi connectivity index (χ0n) is 9.71. The minimum atomic E-state index is -0.109. The van der Waals surface area contributed by atoms with Crippen LogP contribution in [-0.4, -0.2) is 35.7 Å². The summed E-state index contributed by atoms with van der Waals surface area (Å²) in [5.41, 5.74) is -0.109. The third kappa shape index (κ3) is 1.74. The average molecular weight is 224 g/mol. The Bertz CT molecular complexity index is 281. The maximum Gasteiger partial charge on any atom is 0.249 e. The van der Waals surface area contributed by atoms with Gasteiger partial charge < -0.3 is 5.32 Å². The molecule has 16 heavy (non-hydrogen) atoms. The van der Waals surface area contributed by atoms with Gasteiger partial charge in [0.2, 0.25) is 5.91 Å². The fourth-order valence-electron chi connectivity index (χ4n) is 3.25. The molecule has 1 aliphatic carbocycles. The van der Waals surface area contributed by atoms with Crippen LogP contribution in [0.5, 0.6) is 0 Å². The van der Waals surface area contributed by atoms with E-state index in [0.29, 0.717) is 12.5 Å². The molecule has 1 spiro atoms. The normalized spacial score (nSPS) is 30.5. The lowest BCUT2D eigenvalue weighted by Gasteiger charge is -2.32. The van der Waals surface area contributed by atoms with Gasteiger partial charge in [-0.2, -0.15) is 0 Å². The van der Waals surface area contributed by atoms with Crippen molar-refractivity contribution in [2.75, 3.05) is 13.1 Å². The predicted octanol–water partition coefficient (Wildman–Crippen LogP) is 1.22. The van der Waals surface area contributed by atoms with Crippen molar-refractivity contribution in [2.45, 2.75) is 56.6 Å². The van der Waals surface area contributed by atoms with E-state index in [1.165, 1.54) is 12.8 Å². The monoisotopic (exact) mass is 224 g/mol. The molecule has 0 aromatic heterocycles. The summed E-state index contributed by atoms with van der Waals surface area (Å²) in [6.45, 7) is 2.01. The Morgan fingerprint density at radius 2 is 1.94 bits per heavy atom. The summed E-state index contributed by atoms with van der Waals surface area (Å²) >= 11 is 0. The van der Waals surface area contributed by atoms with Gasteiger partial charge in [0.05, 0.1) is 12.5 Å². The molecule has 3 aliphatic rings. The molecule has 90 valence electrons. The zero-order valence-corrected chi connectivity index (χ0v) is 9.71. The average Bonchev–Trinajstić information content (AvgIpc) is 2.88. The van der Waals surface area contributed by atoms with Gasteiger partial charge >= 0.3 is 0 Å². The molecular formula is C12H20N2O2. The molecule has 0 aromatic rings. The van der Waals surface area contributed by atoms with Crippen LogP contribution in [0.15, 0.2) is 0 Å². The Morgan fingerprint density at radius 1 is 1.25 bits per heavy atom. The van der Waals surface area contributed by atoms with Crippen LogP contribution >= 0.6 is 0 Å². The van der Waals surface area contributed by atoms with E-state index in [4.69, 9.17) is 4.84 Å². The van der Waals surface area contributed by atoms with Crippen LogP contribution in [0.2, 0.25) is 0 Å². The molecule has 2 heterocycles. The lowest BCUT2D eigenvalue weighted by molar-refractivity contribution is -0.217. The summed E-state index contributed by atoms with van der Waals surface area (Å²) in [7, 11) is 0. The highest BCUT2D eigenvalue weighted by Gasteiger charge is 2.48. The van der Waals surface area contributed by atoms with Gasteiger partial charge in [0.1, 0.15) is 5.60 Å². The third-order valence-electron chi connectivity index (χ3n) is 4.17. The second kappa shape index (κ2) is 4.00. The van der Waals surface area contributed by atoms with Crippen molar-refractivity contribution in [3.8, 4) is 0 Å². The van der Waals surface area contributed by atoms with E-state index in [1.807, 2.05) is 0 Å². The first-order chi connectivity index (χ1) is 7.79. The quantitative estimate of drug-likeness (QED) is 0.728. The molecular weight excluding hydrogens is 204 g/mol. The smallest absolute Gasteiger partial charge is 0.249 e. The molecule has 2 aliphatic heterocycles. The van der Waals surface area contributed by atoms with E-state index >= 15 is 0 Å². The molecule has 1 N–H and O–H groups in total. The fraction of sp³-hybridized carbons (Fsp3) is 0.917. The number of piperidine rings is 1. The van der Waals surface area contributed by atoms with Crippen LogP contribution in [0, 0.1) is 0 Å². The molecule has 2 saturated heterocycles. The Balaban J connectivity index is 1.69. The Hall–Kier alpha value is -0.610. The Morgan fingerprint density at radius 3 is 2.62 bits per heavy atom. The molecule has 3 rings (SSSR count). The number of hydroxylamine groups is 2. The number of carbonyl (C=O) groups is 1. The predicted molar refractivity (Wildman–Crippen MR) is 59.6 cm³/mol. The number of nitrogens with one attached hydrogen (secondary N) is 1. The van der Waals surface area contributed by atoms with Gasteiger partial charge in [0, 0.05) is 0 Å².